The van der Waals surface area contributed by atoms with Gasteiger partial charge in [-0.15, -0.1) is 0 Å². The van der Waals surface area contributed by atoms with Gasteiger partial charge in [0.1, 0.15) is 0 Å². The summed E-state index contributed by atoms with van der Waals surface area (Å²) < 4.78 is 0. The van der Waals surface area contributed by atoms with Crippen LogP contribution in [0, 0.1) is 6.92 Å². The zero-order valence-corrected chi connectivity index (χ0v) is 8.39. The second-order valence-electron chi connectivity index (χ2n) is 3.95. The van der Waals surface area contributed by atoms with E-state index in [2.05, 4.69) is 50.0 Å². The predicted molar refractivity (Wildman–Crippen MR) is 59.2 cm³/mol. The molecule has 0 bridgehead atoms. The van der Waals surface area contributed by atoms with Gasteiger partial charge in [0, 0.05) is 12.6 Å². The molecule has 0 aliphatic carbocycles. The highest BCUT2D eigenvalue weighted by Gasteiger charge is 2.01. The Kier molecular flexibility index (Phi) is 1.87. The second-order valence-corrected chi connectivity index (χ2v) is 3.95. The Hall–Kier alpha value is -1.24. The van der Waals surface area contributed by atoms with Gasteiger partial charge in [-0.3, -0.25) is 0 Å². The molecular formula is C12H17N. The predicted octanol–water partition coefficient (Wildman–Crippen LogP) is 3.85. The van der Waals surface area contributed by atoms with Crippen LogP contribution in [0.25, 0.3) is 10.9 Å². The molecule has 1 nitrogen and oxygen atoms in total. The fourth-order valence-electron chi connectivity index (χ4n) is 1.65. The maximum Gasteiger partial charge on any atom is 0.0458 e. The first-order valence-corrected chi connectivity index (χ1v) is 4.76. The molecule has 0 radical (unpaired) electrons. The minimum absolute atomic E-state index is 0. The van der Waals surface area contributed by atoms with Gasteiger partial charge in [-0.1, -0.05) is 26.0 Å². The Bertz CT molecular complexity index is 429. The van der Waals surface area contributed by atoms with Crippen LogP contribution in [-0.4, -0.2) is 4.98 Å². The van der Waals surface area contributed by atoms with Crippen LogP contribution in [0.1, 0.15) is 32.4 Å². The molecule has 0 atom stereocenters. The number of H-pyrrole nitrogens is 1. The van der Waals surface area contributed by atoms with E-state index in [4.69, 9.17) is 0 Å². The van der Waals surface area contributed by atoms with E-state index >= 15 is 0 Å². The summed E-state index contributed by atoms with van der Waals surface area (Å²) in [4.78, 5) is 3.35. The lowest BCUT2D eigenvalue weighted by Gasteiger charge is -2.03. The molecule has 0 unspecified atom stereocenters. The largest absolute Gasteiger partial charge is 0.359 e. The van der Waals surface area contributed by atoms with Crippen molar-refractivity contribution in [2.45, 2.75) is 26.7 Å². The molecular weight excluding hydrogens is 158 g/mol. The van der Waals surface area contributed by atoms with Crippen molar-refractivity contribution in [2.75, 3.05) is 0 Å². The molecule has 0 aliphatic rings. The van der Waals surface area contributed by atoms with Crippen molar-refractivity contribution in [3.63, 3.8) is 0 Å². The Balaban J connectivity index is 0.000000980. The number of hydrogen-bond donors (Lipinski definition) is 1. The summed E-state index contributed by atoms with van der Waals surface area (Å²) in [6, 6.07) is 8.82. The normalized spacial score (nSPS) is 11.4. The zero-order chi connectivity index (χ0) is 9.42. The van der Waals surface area contributed by atoms with Crippen LogP contribution < -0.4 is 0 Å². The van der Waals surface area contributed by atoms with Crippen LogP contribution >= 0.6 is 0 Å². The van der Waals surface area contributed by atoms with E-state index in [1.807, 2.05) is 0 Å². The van der Waals surface area contributed by atoms with Crippen LogP contribution in [0.5, 0.6) is 0 Å². The Morgan fingerprint density at radius 1 is 1.23 bits per heavy atom. The van der Waals surface area contributed by atoms with Gasteiger partial charge < -0.3 is 4.98 Å². The molecule has 2 rings (SSSR count). The lowest BCUT2D eigenvalue weighted by molar-refractivity contribution is 0.868. The van der Waals surface area contributed by atoms with Gasteiger partial charge in [0.2, 0.25) is 0 Å². The molecule has 70 valence electrons. The summed E-state index contributed by atoms with van der Waals surface area (Å²) in [5.41, 5.74) is 3.88. The van der Waals surface area contributed by atoms with Gasteiger partial charge in [0.25, 0.3) is 0 Å². The Morgan fingerprint density at radius 2 is 2.00 bits per heavy atom. The van der Waals surface area contributed by atoms with Crippen molar-refractivity contribution in [3.8, 4) is 0 Å². The fourth-order valence-corrected chi connectivity index (χ4v) is 1.65. The zero-order valence-electron chi connectivity index (χ0n) is 8.39. The van der Waals surface area contributed by atoms with E-state index in [0.29, 0.717) is 5.92 Å². The highest BCUT2D eigenvalue weighted by Crippen LogP contribution is 2.21. The SMILES string of the molecule is Cc1cc2ccc(C(C)C)cc2[nH]1.[HH]. The van der Waals surface area contributed by atoms with Crippen molar-refractivity contribution in [2.24, 2.45) is 0 Å². The minimum Gasteiger partial charge on any atom is -0.359 e. The van der Waals surface area contributed by atoms with Gasteiger partial charge >= 0.3 is 0 Å². The maximum absolute atomic E-state index is 3.35. The van der Waals surface area contributed by atoms with Gasteiger partial charge in [-0.2, -0.15) is 0 Å². The third kappa shape index (κ3) is 1.46. The molecule has 1 heterocycles. The van der Waals surface area contributed by atoms with E-state index in [0.717, 1.165) is 0 Å². The number of nitrogens with one attached hydrogen (secondary N) is 1. The Labute approximate surface area is 80.3 Å². The molecule has 1 N–H and O–H groups in total. The quantitative estimate of drug-likeness (QED) is 0.677. The number of rotatable bonds is 1. The topological polar surface area (TPSA) is 15.8 Å². The van der Waals surface area contributed by atoms with Crippen LogP contribution in [0.4, 0.5) is 0 Å². The van der Waals surface area contributed by atoms with Gasteiger partial charge in [-0.05, 0) is 35.9 Å². The Morgan fingerprint density at radius 3 is 2.69 bits per heavy atom. The van der Waals surface area contributed by atoms with Crippen molar-refractivity contribution >= 4 is 10.9 Å². The second kappa shape index (κ2) is 2.91. The molecule has 2 aromatic rings. The molecule has 0 amide bonds. The maximum atomic E-state index is 3.35. The summed E-state index contributed by atoms with van der Waals surface area (Å²) in [6.45, 7) is 6.53. The lowest BCUT2D eigenvalue weighted by Crippen LogP contribution is -1.85. The third-order valence-corrected chi connectivity index (χ3v) is 2.45. The van der Waals surface area contributed by atoms with E-state index < -0.39 is 0 Å². The average molecular weight is 175 g/mol. The number of fused-ring (bicyclic) bond motifs is 1. The van der Waals surface area contributed by atoms with Crippen molar-refractivity contribution in [1.82, 2.24) is 4.98 Å². The van der Waals surface area contributed by atoms with Crippen LogP contribution in [0.2, 0.25) is 0 Å². The highest BCUT2D eigenvalue weighted by atomic mass is 14.7. The van der Waals surface area contributed by atoms with Crippen molar-refractivity contribution in [1.29, 1.82) is 0 Å². The number of hydrogen-bond acceptors (Lipinski definition) is 0. The average Bonchev–Trinajstić information content (AvgIpc) is 2.42. The van der Waals surface area contributed by atoms with Crippen LogP contribution in [0.3, 0.4) is 0 Å². The molecule has 0 saturated carbocycles. The van der Waals surface area contributed by atoms with E-state index in [-0.39, 0.29) is 1.43 Å². The molecule has 1 heteroatoms. The first-order valence-electron chi connectivity index (χ1n) is 4.76. The minimum atomic E-state index is 0. The van der Waals surface area contributed by atoms with Crippen molar-refractivity contribution < 1.29 is 1.43 Å². The standard InChI is InChI=1S/C12H15N.H2/c1-8(2)10-4-5-11-6-9(3)13-12(11)7-10;/h4-8,13H,1-3H3;1H. The fraction of sp³-hybridized carbons (Fsp3) is 0.333. The molecule has 1 aromatic heterocycles. The number of aromatic nitrogens is 1. The molecule has 0 aliphatic heterocycles. The van der Waals surface area contributed by atoms with E-state index in [1.165, 1.54) is 22.2 Å². The molecule has 13 heavy (non-hydrogen) atoms. The summed E-state index contributed by atoms with van der Waals surface area (Å²) in [5, 5.41) is 1.31. The summed E-state index contributed by atoms with van der Waals surface area (Å²) in [6.07, 6.45) is 0. The summed E-state index contributed by atoms with van der Waals surface area (Å²) in [5.74, 6) is 0.605. The molecule has 1 aromatic carbocycles. The smallest absolute Gasteiger partial charge is 0.0458 e. The van der Waals surface area contributed by atoms with Crippen LogP contribution in [0.15, 0.2) is 24.3 Å². The first kappa shape index (κ1) is 8.36. The number of aromatic amines is 1. The van der Waals surface area contributed by atoms with Crippen LogP contribution in [-0.2, 0) is 0 Å². The monoisotopic (exact) mass is 175 g/mol. The summed E-state index contributed by atoms with van der Waals surface area (Å²) in [7, 11) is 0. The van der Waals surface area contributed by atoms with E-state index in [9.17, 15) is 0 Å². The number of benzene rings is 1. The van der Waals surface area contributed by atoms with E-state index in [1.54, 1.807) is 0 Å². The van der Waals surface area contributed by atoms with Gasteiger partial charge in [0.15, 0.2) is 0 Å². The summed E-state index contributed by atoms with van der Waals surface area (Å²) >= 11 is 0. The lowest BCUT2D eigenvalue weighted by atomic mass is 10.0. The first-order chi connectivity index (χ1) is 6.16. The third-order valence-electron chi connectivity index (χ3n) is 2.45. The molecule has 0 spiro atoms. The number of aryl methyl sites for hydroxylation is 1. The van der Waals surface area contributed by atoms with Gasteiger partial charge in [0.05, 0.1) is 0 Å². The molecule has 0 fully saturated rings. The van der Waals surface area contributed by atoms with Crippen molar-refractivity contribution in [3.05, 3.63) is 35.5 Å². The molecule has 0 saturated heterocycles. The highest BCUT2D eigenvalue weighted by molar-refractivity contribution is 5.81. The van der Waals surface area contributed by atoms with Gasteiger partial charge in [-0.25, -0.2) is 0 Å².